The zero-order valence-electron chi connectivity index (χ0n) is 53.0. The Morgan fingerprint density at radius 3 is 0.727 bits per heavy atom. The maximum Gasteiger partial charge on any atom is 0.131 e. The number of halogens is 6. The molecule has 4 atom stereocenters. The predicted molar refractivity (Wildman–Crippen MR) is 360 cm³/mol. The number of alkyl halides is 2. The first-order valence-corrected chi connectivity index (χ1v) is 33.0. The van der Waals surface area contributed by atoms with Crippen LogP contribution in [0.5, 0.6) is 0 Å². The van der Waals surface area contributed by atoms with Crippen molar-refractivity contribution in [3.63, 3.8) is 0 Å². The standard InChI is InChI=1S/2C20H22ClF.2C20H23FO/c2*1-20(2)11-5-7-18(20)17-12-14(13-21)9-10-15(17)16-6-3-4-8-19(16)22;2*1-20(2)11-5-7-18(20)17-12-14(13-22)9-10-15(17)16-6-3-4-8-19(16)21/h2*3-4,6,8-10,12,18H,5,7,11,13H2,1-2H3;2*3-4,6,8-10,12,18,22H,5,7,11,13H2,1-2H3/t4*18-/m1010/s1. The van der Waals surface area contributed by atoms with Gasteiger partial charge in [-0.3, -0.25) is 0 Å². The minimum absolute atomic E-state index is 0.0255. The van der Waals surface area contributed by atoms with Crippen molar-refractivity contribution in [1.82, 2.24) is 0 Å². The van der Waals surface area contributed by atoms with Crippen LogP contribution < -0.4 is 0 Å². The molecule has 0 aromatic heterocycles. The summed E-state index contributed by atoms with van der Waals surface area (Å²) in [4.78, 5) is 0. The van der Waals surface area contributed by atoms with E-state index < -0.39 is 0 Å². The van der Waals surface area contributed by atoms with Gasteiger partial charge in [-0.1, -0.05) is 227 Å². The molecule has 0 aliphatic heterocycles. The fourth-order valence-corrected chi connectivity index (χ4v) is 15.6. The lowest BCUT2D eigenvalue weighted by Gasteiger charge is -2.29. The molecule has 88 heavy (non-hydrogen) atoms. The van der Waals surface area contributed by atoms with E-state index in [0.29, 0.717) is 57.7 Å². The highest BCUT2D eigenvalue weighted by Crippen LogP contribution is 2.55. The maximum absolute atomic E-state index is 14.3. The Kier molecular flexibility index (Phi) is 21.8. The molecular weight excluding hydrogens is 1140 g/mol. The van der Waals surface area contributed by atoms with Gasteiger partial charge >= 0.3 is 0 Å². The Bertz CT molecular complexity index is 3180. The molecule has 4 aliphatic carbocycles. The first-order chi connectivity index (χ1) is 42.1. The summed E-state index contributed by atoms with van der Waals surface area (Å²) in [7, 11) is 0. The van der Waals surface area contributed by atoms with Gasteiger partial charge in [-0.2, -0.15) is 0 Å². The Morgan fingerprint density at radius 1 is 0.318 bits per heavy atom. The number of hydrogen-bond acceptors (Lipinski definition) is 2. The number of hydrogen-bond donors (Lipinski definition) is 2. The van der Waals surface area contributed by atoms with Crippen molar-refractivity contribution < 1.29 is 27.8 Å². The molecule has 8 heteroatoms. The number of rotatable bonds is 12. The van der Waals surface area contributed by atoms with E-state index in [9.17, 15) is 27.8 Å². The fourth-order valence-electron chi connectivity index (χ4n) is 15.3. The Balaban J connectivity index is 0.000000140. The second kappa shape index (κ2) is 28.9. The molecule has 0 saturated heterocycles. The molecular formula is C80H90Cl2F4O2. The molecule has 0 unspecified atom stereocenters. The summed E-state index contributed by atoms with van der Waals surface area (Å²) in [6, 6.07) is 52.4. The molecule has 0 radical (unpaired) electrons. The minimum Gasteiger partial charge on any atom is -0.392 e. The van der Waals surface area contributed by atoms with Crippen LogP contribution in [0.15, 0.2) is 170 Å². The second-order valence-corrected chi connectivity index (χ2v) is 28.5. The van der Waals surface area contributed by atoms with Crippen LogP contribution in [0.25, 0.3) is 44.5 Å². The third kappa shape index (κ3) is 15.1. The Labute approximate surface area is 532 Å². The van der Waals surface area contributed by atoms with Crippen LogP contribution >= 0.6 is 23.2 Å². The lowest BCUT2D eigenvalue weighted by atomic mass is 9.75. The van der Waals surface area contributed by atoms with Gasteiger partial charge < -0.3 is 10.2 Å². The molecule has 0 heterocycles. The molecule has 2 nitrogen and oxygen atoms in total. The van der Waals surface area contributed by atoms with Gasteiger partial charge in [-0.05, 0) is 188 Å². The van der Waals surface area contributed by atoms with Crippen molar-refractivity contribution in [1.29, 1.82) is 0 Å². The highest BCUT2D eigenvalue weighted by molar-refractivity contribution is 6.17. The summed E-state index contributed by atoms with van der Waals surface area (Å²) < 4.78 is 57.1. The Morgan fingerprint density at radius 2 is 0.534 bits per heavy atom. The summed E-state index contributed by atoms with van der Waals surface area (Å²) in [5.41, 5.74) is 16.5. The van der Waals surface area contributed by atoms with Gasteiger partial charge in [0.1, 0.15) is 23.3 Å². The summed E-state index contributed by atoms with van der Waals surface area (Å²) in [5.74, 6) is 2.07. The van der Waals surface area contributed by atoms with E-state index >= 15 is 0 Å². The van der Waals surface area contributed by atoms with Gasteiger partial charge in [-0.15, -0.1) is 23.2 Å². The molecule has 8 aromatic carbocycles. The topological polar surface area (TPSA) is 40.5 Å². The van der Waals surface area contributed by atoms with Crippen LogP contribution in [-0.4, -0.2) is 10.2 Å². The van der Waals surface area contributed by atoms with E-state index in [-0.39, 0.29) is 58.1 Å². The van der Waals surface area contributed by atoms with Gasteiger partial charge in [0.2, 0.25) is 0 Å². The van der Waals surface area contributed by atoms with E-state index in [2.05, 4.69) is 79.7 Å². The normalized spacial score (nSPS) is 20.3. The van der Waals surface area contributed by atoms with E-state index in [1.54, 1.807) is 24.3 Å². The highest BCUT2D eigenvalue weighted by atomic mass is 35.5. The average molecular weight is 1230 g/mol. The average Bonchev–Trinajstić information content (AvgIpc) is 2.08. The van der Waals surface area contributed by atoms with Gasteiger partial charge in [0, 0.05) is 34.0 Å². The molecule has 12 rings (SSSR count). The zero-order chi connectivity index (χ0) is 63.0. The van der Waals surface area contributed by atoms with Crippen LogP contribution in [-0.2, 0) is 25.0 Å². The van der Waals surface area contributed by atoms with Crippen molar-refractivity contribution in [3.8, 4) is 44.5 Å². The molecule has 0 bridgehead atoms. The summed E-state index contributed by atoms with van der Waals surface area (Å²) >= 11 is 12.1. The first kappa shape index (κ1) is 66.4. The highest BCUT2D eigenvalue weighted by Gasteiger charge is 2.40. The molecule has 4 aliphatic rings. The predicted octanol–water partition coefficient (Wildman–Crippen LogP) is 23.6. The lowest BCUT2D eigenvalue weighted by Crippen LogP contribution is -2.16. The van der Waals surface area contributed by atoms with Crippen molar-refractivity contribution in [2.45, 2.75) is 181 Å². The van der Waals surface area contributed by atoms with Crippen molar-refractivity contribution >= 4 is 23.2 Å². The molecule has 0 amide bonds. The van der Waals surface area contributed by atoms with Gasteiger partial charge in [-0.25, -0.2) is 17.6 Å². The van der Waals surface area contributed by atoms with E-state index in [4.69, 9.17) is 23.2 Å². The lowest BCUT2D eigenvalue weighted by molar-refractivity contribution is 0.281. The molecule has 4 saturated carbocycles. The second-order valence-electron chi connectivity index (χ2n) is 27.9. The van der Waals surface area contributed by atoms with Crippen LogP contribution in [0.1, 0.15) is 201 Å². The van der Waals surface area contributed by atoms with E-state index in [1.165, 1.54) is 111 Å². The van der Waals surface area contributed by atoms with Crippen LogP contribution in [0.2, 0.25) is 0 Å². The third-order valence-corrected chi connectivity index (χ3v) is 20.9. The van der Waals surface area contributed by atoms with E-state index in [1.807, 2.05) is 97.1 Å². The summed E-state index contributed by atoms with van der Waals surface area (Å²) in [6.45, 7) is 18.5. The first-order valence-electron chi connectivity index (χ1n) is 32.0. The van der Waals surface area contributed by atoms with Crippen molar-refractivity contribution in [3.05, 3.63) is 238 Å². The zero-order valence-corrected chi connectivity index (χ0v) is 54.5. The largest absolute Gasteiger partial charge is 0.392 e. The smallest absolute Gasteiger partial charge is 0.131 e. The van der Waals surface area contributed by atoms with Crippen molar-refractivity contribution in [2.75, 3.05) is 0 Å². The molecule has 2 N–H and O–H groups in total. The van der Waals surface area contributed by atoms with Gasteiger partial charge in [0.15, 0.2) is 0 Å². The number of aliphatic hydroxyl groups is 2. The number of aliphatic hydroxyl groups excluding tert-OH is 2. The molecule has 8 aromatic rings. The maximum atomic E-state index is 14.3. The third-order valence-electron chi connectivity index (χ3n) is 20.3. The summed E-state index contributed by atoms with van der Waals surface area (Å²) in [5, 5.41) is 19.0. The minimum atomic E-state index is -0.184. The fraction of sp³-hybridized carbons (Fsp3) is 0.400. The Hall–Kier alpha value is -6.02. The SMILES string of the molecule is CC1(C)CCC[C@@H]1c1cc(CCl)ccc1-c1ccccc1F.CC1(C)CCC[C@@H]1c1cc(CO)ccc1-c1ccccc1F.CC1(C)CCC[C@H]1c1cc(CCl)ccc1-c1ccccc1F.CC1(C)CCC[C@H]1c1cc(CO)ccc1-c1ccccc1F. The molecule has 464 valence electrons. The van der Waals surface area contributed by atoms with Crippen molar-refractivity contribution in [2.24, 2.45) is 21.7 Å². The number of benzene rings is 8. The van der Waals surface area contributed by atoms with Crippen LogP contribution in [0.3, 0.4) is 0 Å². The molecule has 4 fully saturated rings. The van der Waals surface area contributed by atoms with Gasteiger partial charge in [0.25, 0.3) is 0 Å². The van der Waals surface area contributed by atoms with Crippen LogP contribution in [0, 0.1) is 44.9 Å². The monoisotopic (exact) mass is 1230 g/mol. The van der Waals surface area contributed by atoms with Gasteiger partial charge in [0.05, 0.1) is 13.2 Å². The van der Waals surface area contributed by atoms with Crippen LogP contribution in [0.4, 0.5) is 17.6 Å². The molecule has 0 spiro atoms. The van der Waals surface area contributed by atoms with E-state index in [0.717, 1.165) is 57.3 Å². The summed E-state index contributed by atoms with van der Waals surface area (Å²) in [6.07, 6.45) is 14.3. The quantitative estimate of drug-likeness (QED) is 0.0945.